The molecular weight excluding hydrogens is 187 g/mol. The fourth-order valence-corrected chi connectivity index (χ4v) is 0.994. The van der Waals surface area contributed by atoms with Crippen molar-refractivity contribution in [3.63, 3.8) is 0 Å². The van der Waals surface area contributed by atoms with E-state index in [0.29, 0.717) is 15.7 Å². The molecule has 3 nitrogen and oxygen atoms in total. The number of nitrogens with two attached hydrogens (primary N) is 1. The van der Waals surface area contributed by atoms with Gasteiger partial charge in [-0.25, -0.2) is 10.9 Å². The van der Waals surface area contributed by atoms with Crippen molar-refractivity contribution in [2.24, 2.45) is 5.90 Å². The lowest BCUT2D eigenvalue weighted by Gasteiger charge is -2.00. The van der Waals surface area contributed by atoms with Gasteiger partial charge in [0.2, 0.25) is 0 Å². The zero-order chi connectivity index (χ0) is 8.27. The molecule has 0 aromatic carbocycles. The van der Waals surface area contributed by atoms with Crippen LogP contribution in [0.5, 0.6) is 0 Å². The Morgan fingerprint density at radius 2 is 2.27 bits per heavy atom. The summed E-state index contributed by atoms with van der Waals surface area (Å²) in [6.45, 7) is 0.215. The third-order valence-corrected chi connectivity index (χ3v) is 1.66. The average molecular weight is 193 g/mol. The third-order valence-electron chi connectivity index (χ3n) is 1.12. The lowest BCUT2D eigenvalue weighted by molar-refractivity contribution is 0.124. The van der Waals surface area contributed by atoms with Crippen LogP contribution in [0, 0.1) is 0 Å². The first-order chi connectivity index (χ1) is 5.24. The molecule has 0 unspecified atom stereocenters. The normalized spacial score (nSPS) is 10.1. The smallest absolute Gasteiger partial charge is 0.134 e. The molecule has 0 spiro atoms. The van der Waals surface area contributed by atoms with E-state index in [1.165, 1.54) is 6.20 Å². The maximum Gasteiger partial charge on any atom is 0.134 e. The Bertz CT molecular complexity index is 254. The second kappa shape index (κ2) is 3.88. The van der Waals surface area contributed by atoms with Gasteiger partial charge in [0.25, 0.3) is 0 Å². The molecule has 5 heteroatoms. The van der Waals surface area contributed by atoms with Crippen LogP contribution in [0.15, 0.2) is 12.3 Å². The number of pyridine rings is 1. The fraction of sp³-hybridized carbons (Fsp3) is 0.167. The van der Waals surface area contributed by atoms with E-state index in [9.17, 15) is 0 Å². The molecule has 1 heterocycles. The maximum atomic E-state index is 5.67. The van der Waals surface area contributed by atoms with Crippen molar-refractivity contribution in [1.29, 1.82) is 0 Å². The topological polar surface area (TPSA) is 48.1 Å². The summed E-state index contributed by atoms with van der Waals surface area (Å²) in [5, 5.41) is 0.876. The summed E-state index contributed by atoms with van der Waals surface area (Å²) < 4.78 is 0. The molecule has 0 saturated heterocycles. The lowest BCUT2D eigenvalue weighted by atomic mass is 10.3. The van der Waals surface area contributed by atoms with Crippen LogP contribution in [0.1, 0.15) is 5.56 Å². The van der Waals surface area contributed by atoms with Gasteiger partial charge in [-0.05, 0) is 6.07 Å². The van der Waals surface area contributed by atoms with Crippen molar-refractivity contribution in [2.75, 3.05) is 0 Å². The van der Waals surface area contributed by atoms with E-state index in [0.717, 1.165) is 0 Å². The molecule has 0 saturated carbocycles. The van der Waals surface area contributed by atoms with E-state index in [4.69, 9.17) is 29.1 Å². The quantitative estimate of drug-likeness (QED) is 0.575. The van der Waals surface area contributed by atoms with Crippen molar-refractivity contribution in [1.82, 2.24) is 4.98 Å². The Hall–Kier alpha value is -0.350. The summed E-state index contributed by atoms with van der Waals surface area (Å²) in [7, 11) is 0. The summed E-state index contributed by atoms with van der Waals surface area (Å²) >= 11 is 11.3. The highest BCUT2D eigenvalue weighted by Gasteiger charge is 2.01. The highest BCUT2D eigenvalue weighted by atomic mass is 35.5. The Kier molecular flexibility index (Phi) is 3.08. The standard InChI is InChI=1S/C6H6Cl2N2O/c7-5-1-4(3-11-9)6(8)10-2-5/h1-2H,3,9H2. The molecule has 1 aromatic heterocycles. The van der Waals surface area contributed by atoms with Gasteiger partial charge in [-0.15, -0.1) is 0 Å². The fourth-order valence-electron chi connectivity index (χ4n) is 0.656. The molecular formula is C6H6Cl2N2O. The van der Waals surface area contributed by atoms with E-state index in [-0.39, 0.29) is 6.61 Å². The minimum Gasteiger partial charge on any atom is -0.300 e. The molecule has 0 aliphatic carbocycles. The Morgan fingerprint density at radius 1 is 1.55 bits per heavy atom. The van der Waals surface area contributed by atoms with E-state index in [1.807, 2.05) is 0 Å². The van der Waals surface area contributed by atoms with Crippen LogP contribution < -0.4 is 5.90 Å². The predicted octanol–water partition coefficient (Wildman–Crippen LogP) is 1.78. The van der Waals surface area contributed by atoms with Gasteiger partial charge in [0.15, 0.2) is 0 Å². The first-order valence-electron chi connectivity index (χ1n) is 2.85. The van der Waals surface area contributed by atoms with Gasteiger partial charge in [0.05, 0.1) is 11.6 Å². The van der Waals surface area contributed by atoms with E-state index in [2.05, 4.69) is 9.82 Å². The van der Waals surface area contributed by atoms with E-state index < -0.39 is 0 Å². The second-order valence-electron chi connectivity index (χ2n) is 1.91. The number of nitrogens with zero attached hydrogens (tertiary/aromatic N) is 1. The number of hydrogen-bond donors (Lipinski definition) is 1. The molecule has 2 N–H and O–H groups in total. The van der Waals surface area contributed by atoms with Gasteiger partial charge in [-0.2, -0.15) is 0 Å². The van der Waals surface area contributed by atoms with Crippen LogP contribution in [-0.2, 0) is 11.4 Å². The molecule has 60 valence electrons. The van der Waals surface area contributed by atoms with Crippen molar-refractivity contribution >= 4 is 23.2 Å². The molecule has 0 bridgehead atoms. The maximum absolute atomic E-state index is 5.67. The van der Waals surface area contributed by atoms with Crippen molar-refractivity contribution < 1.29 is 4.84 Å². The Labute approximate surface area is 74.0 Å². The SMILES string of the molecule is NOCc1cc(Cl)cnc1Cl. The van der Waals surface area contributed by atoms with Gasteiger partial charge in [0.1, 0.15) is 5.15 Å². The van der Waals surface area contributed by atoms with E-state index in [1.54, 1.807) is 6.07 Å². The van der Waals surface area contributed by atoms with Crippen molar-refractivity contribution in [2.45, 2.75) is 6.61 Å². The summed E-state index contributed by atoms with van der Waals surface area (Å²) in [5.74, 6) is 4.85. The summed E-state index contributed by atoms with van der Waals surface area (Å²) in [4.78, 5) is 8.18. The van der Waals surface area contributed by atoms with Gasteiger partial charge in [-0.1, -0.05) is 23.2 Å². The zero-order valence-corrected chi connectivity index (χ0v) is 7.06. The van der Waals surface area contributed by atoms with Crippen LogP contribution in [-0.4, -0.2) is 4.98 Å². The van der Waals surface area contributed by atoms with E-state index >= 15 is 0 Å². The van der Waals surface area contributed by atoms with Crippen molar-refractivity contribution in [3.8, 4) is 0 Å². The monoisotopic (exact) mass is 192 g/mol. The number of rotatable bonds is 2. The number of aromatic nitrogens is 1. The first kappa shape index (κ1) is 8.74. The molecule has 0 fully saturated rings. The van der Waals surface area contributed by atoms with Gasteiger partial charge < -0.3 is 0 Å². The molecule has 0 aliphatic heterocycles. The number of hydrogen-bond acceptors (Lipinski definition) is 3. The molecule has 1 rings (SSSR count). The van der Waals surface area contributed by atoms with Gasteiger partial charge in [-0.3, -0.25) is 4.84 Å². The average Bonchev–Trinajstić information content (AvgIpc) is 1.98. The minimum absolute atomic E-state index is 0.215. The highest BCUT2D eigenvalue weighted by molar-refractivity contribution is 6.32. The molecule has 11 heavy (non-hydrogen) atoms. The molecule has 0 radical (unpaired) electrons. The van der Waals surface area contributed by atoms with Crippen LogP contribution in [0.4, 0.5) is 0 Å². The van der Waals surface area contributed by atoms with Crippen LogP contribution in [0.25, 0.3) is 0 Å². The summed E-state index contributed by atoms with van der Waals surface area (Å²) in [5.41, 5.74) is 0.682. The third kappa shape index (κ3) is 2.31. The lowest BCUT2D eigenvalue weighted by Crippen LogP contribution is -2.00. The summed E-state index contributed by atoms with van der Waals surface area (Å²) in [6, 6.07) is 1.66. The first-order valence-corrected chi connectivity index (χ1v) is 3.61. The second-order valence-corrected chi connectivity index (χ2v) is 2.71. The highest BCUT2D eigenvalue weighted by Crippen LogP contribution is 2.17. The van der Waals surface area contributed by atoms with Crippen LogP contribution in [0.3, 0.4) is 0 Å². The van der Waals surface area contributed by atoms with Crippen LogP contribution >= 0.6 is 23.2 Å². The Morgan fingerprint density at radius 3 is 2.91 bits per heavy atom. The Balaban J connectivity index is 2.93. The number of halogens is 2. The molecule has 0 atom stereocenters. The summed E-state index contributed by atoms with van der Waals surface area (Å²) in [6.07, 6.45) is 1.46. The largest absolute Gasteiger partial charge is 0.300 e. The molecule has 1 aromatic rings. The van der Waals surface area contributed by atoms with Gasteiger partial charge >= 0.3 is 0 Å². The molecule has 0 aliphatic rings. The van der Waals surface area contributed by atoms with Crippen LogP contribution in [0.2, 0.25) is 10.2 Å². The predicted molar refractivity (Wildman–Crippen MR) is 43.2 cm³/mol. The molecule has 0 amide bonds. The van der Waals surface area contributed by atoms with Gasteiger partial charge in [0, 0.05) is 11.8 Å². The van der Waals surface area contributed by atoms with Crippen molar-refractivity contribution in [3.05, 3.63) is 28.0 Å². The zero-order valence-electron chi connectivity index (χ0n) is 5.55. The minimum atomic E-state index is 0.215.